The predicted octanol–water partition coefficient (Wildman–Crippen LogP) is 1.16. The number of carbonyl (C=O) groups is 1. The topological polar surface area (TPSA) is 90.4 Å². The molecule has 4 rings (SSSR count). The van der Waals surface area contributed by atoms with Crippen molar-refractivity contribution in [3.63, 3.8) is 0 Å². The van der Waals surface area contributed by atoms with E-state index in [4.69, 9.17) is 5.73 Å². The van der Waals surface area contributed by atoms with Crippen molar-refractivity contribution in [3.8, 4) is 6.07 Å². The molecule has 3 unspecified atom stereocenters. The standard InChI is InChI=1S/C17H25N3O2/c18-9-12-5-11-6-14(11)20(12)16(22)15(19)17-3-1-2-10(7-17)4-13(21)8-17/h10-15,21H,1-8,19H2/t10?,11-,12+,13?,14+,15?,17-/m1/s1. The summed E-state index contributed by atoms with van der Waals surface area (Å²) in [6.07, 6.45) is 7.20. The number of piperidine rings is 1. The molecule has 3 N–H and O–H groups in total. The monoisotopic (exact) mass is 303 g/mol. The van der Waals surface area contributed by atoms with E-state index >= 15 is 0 Å². The van der Waals surface area contributed by atoms with Gasteiger partial charge in [0.1, 0.15) is 6.04 Å². The van der Waals surface area contributed by atoms with E-state index in [0.29, 0.717) is 18.3 Å². The molecule has 120 valence electrons. The summed E-state index contributed by atoms with van der Waals surface area (Å²) in [5.74, 6) is 0.996. The normalized spacial score (nSPS) is 47.5. The van der Waals surface area contributed by atoms with E-state index in [1.165, 1.54) is 0 Å². The minimum atomic E-state index is -0.555. The molecule has 0 aromatic rings. The molecule has 1 saturated heterocycles. The number of carbonyl (C=O) groups excluding carboxylic acids is 1. The molecular weight excluding hydrogens is 278 g/mol. The van der Waals surface area contributed by atoms with Crippen LogP contribution in [0.15, 0.2) is 0 Å². The lowest BCUT2D eigenvalue weighted by Gasteiger charge is -2.50. The maximum absolute atomic E-state index is 13.0. The molecule has 3 aliphatic carbocycles. The van der Waals surface area contributed by atoms with Crippen molar-refractivity contribution < 1.29 is 9.90 Å². The van der Waals surface area contributed by atoms with Crippen molar-refractivity contribution in [1.82, 2.24) is 4.90 Å². The van der Waals surface area contributed by atoms with E-state index in [2.05, 4.69) is 6.07 Å². The summed E-state index contributed by atoms with van der Waals surface area (Å²) in [5.41, 5.74) is 6.22. The Kier molecular flexibility index (Phi) is 3.25. The second-order valence-corrected chi connectivity index (χ2v) is 8.09. The lowest BCUT2D eigenvalue weighted by molar-refractivity contribution is -0.140. The van der Waals surface area contributed by atoms with Crippen LogP contribution < -0.4 is 5.73 Å². The van der Waals surface area contributed by atoms with Gasteiger partial charge in [0.15, 0.2) is 0 Å². The molecule has 7 atom stereocenters. The Morgan fingerprint density at radius 1 is 1.36 bits per heavy atom. The van der Waals surface area contributed by atoms with Gasteiger partial charge in [-0.15, -0.1) is 0 Å². The fourth-order valence-corrected chi connectivity index (χ4v) is 5.57. The van der Waals surface area contributed by atoms with Gasteiger partial charge in [0.05, 0.1) is 18.2 Å². The summed E-state index contributed by atoms with van der Waals surface area (Å²) in [7, 11) is 0. The molecule has 22 heavy (non-hydrogen) atoms. The number of fused-ring (bicyclic) bond motifs is 3. The van der Waals surface area contributed by atoms with Crippen molar-refractivity contribution in [2.45, 2.75) is 75.6 Å². The smallest absolute Gasteiger partial charge is 0.241 e. The summed E-state index contributed by atoms with van der Waals surface area (Å²) < 4.78 is 0. The van der Waals surface area contributed by atoms with Crippen molar-refractivity contribution in [3.05, 3.63) is 0 Å². The van der Waals surface area contributed by atoms with Crippen molar-refractivity contribution in [1.29, 1.82) is 5.26 Å². The summed E-state index contributed by atoms with van der Waals surface area (Å²) in [5, 5.41) is 19.5. The zero-order valence-electron chi connectivity index (χ0n) is 12.9. The third-order valence-corrected chi connectivity index (χ3v) is 6.66. The molecule has 4 fully saturated rings. The Morgan fingerprint density at radius 2 is 2.18 bits per heavy atom. The van der Waals surface area contributed by atoms with Gasteiger partial charge in [0, 0.05) is 6.04 Å². The van der Waals surface area contributed by atoms with Crippen LogP contribution >= 0.6 is 0 Å². The first-order valence-electron chi connectivity index (χ1n) is 8.69. The number of hydrogen-bond acceptors (Lipinski definition) is 4. The first kappa shape index (κ1) is 14.5. The Bertz CT molecular complexity index is 526. The maximum atomic E-state index is 13.0. The lowest BCUT2D eigenvalue weighted by Crippen LogP contribution is -2.58. The van der Waals surface area contributed by atoms with Gasteiger partial charge >= 0.3 is 0 Å². The second kappa shape index (κ2) is 4.94. The Morgan fingerprint density at radius 3 is 2.95 bits per heavy atom. The van der Waals surface area contributed by atoms with Crippen LogP contribution in [0.1, 0.15) is 51.4 Å². The summed E-state index contributed by atoms with van der Waals surface area (Å²) >= 11 is 0. The maximum Gasteiger partial charge on any atom is 0.241 e. The number of aliphatic hydroxyl groups excluding tert-OH is 1. The predicted molar refractivity (Wildman–Crippen MR) is 80.4 cm³/mol. The van der Waals surface area contributed by atoms with Crippen LogP contribution in [-0.4, -0.2) is 40.1 Å². The van der Waals surface area contributed by atoms with Crippen LogP contribution in [0.25, 0.3) is 0 Å². The zero-order chi connectivity index (χ0) is 15.5. The Labute approximate surface area is 131 Å². The molecule has 1 heterocycles. The van der Waals surface area contributed by atoms with E-state index in [1.807, 2.05) is 0 Å². The summed E-state index contributed by atoms with van der Waals surface area (Å²) in [6, 6.07) is 1.69. The van der Waals surface area contributed by atoms with Crippen molar-refractivity contribution in [2.24, 2.45) is 23.0 Å². The molecule has 2 bridgehead atoms. The van der Waals surface area contributed by atoms with Gasteiger partial charge in [-0.25, -0.2) is 0 Å². The highest BCUT2D eigenvalue weighted by Gasteiger charge is 2.57. The summed E-state index contributed by atoms with van der Waals surface area (Å²) in [6.45, 7) is 0. The number of likely N-dealkylation sites (tertiary alicyclic amines) is 1. The number of aliphatic hydroxyl groups is 1. The minimum Gasteiger partial charge on any atom is -0.393 e. The molecule has 0 spiro atoms. The molecule has 5 nitrogen and oxygen atoms in total. The SMILES string of the molecule is N#C[C@@H]1C[C@@H]2C[C@@H]2N1C(=O)C(N)[C@@]12CCCC(CC(O)C1)C2. The number of rotatable bonds is 2. The molecule has 0 radical (unpaired) electrons. The fraction of sp³-hybridized carbons (Fsp3) is 0.882. The fourth-order valence-electron chi connectivity index (χ4n) is 5.57. The Balaban J connectivity index is 1.56. The van der Waals surface area contributed by atoms with Gasteiger partial charge in [-0.05, 0) is 55.8 Å². The van der Waals surface area contributed by atoms with Gasteiger partial charge < -0.3 is 15.7 Å². The highest BCUT2D eigenvalue weighted by atomic mass is 16.3. The van der Waals surface area contributed by atoms with Crippen molar-refractivity contribution >= 4 is 5.91 Å². The molecule has 1 amide bonds. The number of nitrogens with zero attached hydrogens (tertiary/aromatic N) is 2. The second-order valence-electron chi connectivity index (χ2n) is 8.09. The molecule has 1 aliphatic heterocycles. The number of hydrogen-bond donors (Lipinski definition) is 2. The van der Waals surface area contributed by atoms with Gasteiger partial charge in [-0.2, -0.15) is 5.26 Å². The molecule has 0 aromatic carbocycles. The van der Waals surface area contributed by atoms with E-state index in [-0.39, 0.29) is 29.5 Å². The number of amides is 1. The van der Waals surface area contributed by atoms with E-state index < -0.39 is 6.04 Å². The third-order valence-electron chi connectivity index (χ3n) is 6.66. The van der Waals surface area contributed by atoms with Gasteiger partial charge in [0.2, 0.25) is 5.91 Å². The summed E-state index contributed by atoms with van der Waals surface area (Å²) in [4.78, 5) is 14.8. The first-order valence-corrected chi connectivity index (χ1v) is 8.69. The van der Waals surface area contributed by atoms with E-state index in [1.54, 1.807) is 4.90 Å². The highest BCUT2D eigenvalue weighted by molar-refractivity contribution is 5.84. The average Bonchev–Trinajstić information content (AvgIpc) is 3.15. The minimum absolute atomic E-state index is 0.0358. The molecule has 0 aromatic heterocycles. The zero-order valence-corrected chi connectivity index (χ0v) is 12.9. The molecular formula is C17H25N3O2. The number of nitrogens with two attached hydrogens (primary N) is 1. The van der Waals surface area contributed by atoms with E-state index in [0.717, 1.165) is 44.9 Å². The van der Waals surface area contributed by atoms with Gasteiger partial charge in [-0.1, -0.05) is 12.8 Å². The van der Waals surface area contributed by atoms with Crippen molar-refractivity contribution in [2.75, 3.05) is 0 Å². The molecule has 4 aliphatic rings. The van der Waals surface area contributed by atoms with Crippen LogP contribution in [0.3, 0.4) is 0 Å². The van der Waals surface area contributed by atoms with E-state index in [9.17, 15) is 15.2 Å². The Hall–Kier alpha value is -1.12. The lowest BCUT2D eigenvalue weighted by atomic mass is 9.58. The molecule has 3 saturated carbocycles. The number of nitriles is 1. The van der Waals surface area contributed by atoms with Crippen LogP contribution in [0.2, 0.25) is 0 Å². The van der Waals surface area contributed by atoms with Gasteiger partial charge in [-0.3, -0.25) is 4.79 Å². The van der Waals surface area contributed by atoms with Gasteiger partial charge in [0.25, 0.3) is 0 Å². The largest absolute Gasteiger partial charge is 0.393 e. The van der Waals surface area contributed by atoms with Crippen LogP contribution in [-0.2, 0) is 4.79 Å². The van der Waals surface area contributed by atoms with Crippen LogP contribution in [0, 0.1) is 28.6 Å². The highest BCUT2D eigenvalue weighted by Crippen LogP contribution is 2.53. The quantitative estimate of drug-likeness (QED) is 0.801. The average molecular weight is 303 g/mol. The van der Waals surface area contributed by atoms with Crippen LogP contribution in [0.4, 0.5) is 0 Å². The third kappa shape index (κ3) is 2.08. The van der Waals surface area contributed by atoms with Crippen LogP contribution in [0.5, 0.6) is 0 Å². The first-order chi connectivity index (χ1) is 10.5. The molecule has 5 heteroatoms.